The van der Waals surface area contributed by atoms with Crippen molar-refractivity contribution in [2.45, 2.75) is 32.4 Å². The molecular weight excluding hydrogens is 208 g/mol. The first-order valence-electron chi connectivity index (χ1n) is 5.41. The minimum absolute atomic E-state index is 0.0138. The molecule has 2 rings (SSSR count). The van der Waals surface area contributed by atoms with Crippen molar-refractivity contribution < 1.29 is 9.53 Å². The molecule has 0 aromatic carbocycles. The highest BCUT2D eigenvalue weighted by Gasteiger charge is 2.26. The van der Waals surface area contributed by atoms with Crippen LogP contribution in [0.3, 0.4) is 0 Å². The lowest BCUT2D eigenvalue weighted by atomic mass is 10.2. The smallest absolute Gasteiger partial charge is 0.251 e. The Kier molecular flexibility index (Phi) is 3.19. The number of hydrogen-bond acceptors (Lipinski definition) is 4. The van der Waals surface area contributed by atoms with E-state index in [4.69, 9.17) is 4.74 Å². The monoisotopic (exact) mass is 224 g/mol. The minimum atomic E-state index is -0.273. The highest BCUT2D eigenvalue weighted by Crippen LogP contribution is 2.14. The summed E-state index contributed by atoms with van der Waals surface area (Å²) < 4.78 is 5.34. The summed E-state index contributed by atoms with van der Waals surface area (Å²) in [4.78, 5) is 17.7. The van der Waals surface area contributed by atoms with Crippen LogP contribution in [-0.2, 0) is 16.1 Å². The summed E-state index contributed by atoms with van der Waals surface area (Å²) >= 11 is 0. The first-order valence-corrected chi connectivity index (χ1v) is 5.41. The second-order valence-corrected chi connectivity index (χ2v) is 4.03. The van der Waals surface area contributed by atoms with Crippen LogP contribution in [0.2, 0.25) is 0 Å². The number of aryl methyl sites for hydroxylation is 1. The SMILES string of the molecule is Cc1nc(CN(C)C(=O)[C@H]2CCCO2)n[nH]1. The van der Waals surface area contributed by atoms with Crippen LogP contribution in [0.25, 0.3) is 0 Å². The Morgan fingerprint density at radius 3 is 3.06 bits per heavy atom. The van der Waals surface area contributed by atoms with Gasteiger partial charge in [-0.3, -0.25) is 9.89 Å². The number of likely N-dealkylation sites (N-methyl/N-ethyl adjacent to an activating group) is 1. The number of nitrogens with zero attached hydrogens (tertiary/aromatic N) is 3. The van der Waals surface area contributed by atoms with E-state index in [0.29, 0.717) is 19.0 Å². The van der Waals surface area contributed by atoms with Gasteiger partial charge in [0.15, 0.2) is 5.82 Å². The summed E-state index contributed by atoms with van der Waals surface area (Å²) in [5, 5.41) is 6.75. The van der Waals surface area contributed by atoms with E-state index in [2.05, 4.69) is 15.2 Å². The van der Waals surface area contributed by atoms with Gasteiger partial charge in [-0.2, -0.15) is 5.10 Å². The highest BCUT2D eigenvalue weighted by atomic mass is 16.5. The maximum Gasteiger partial charge on any atom is 0.251 e. The molecule has 2 heterocycles. The predicted molar refractivity (Wildman–Crippen MR) is 56.6 cm³/mol. The number of aromatic amines is 1. The largest absolute Gasteiger partial charge is 0.368 e. The van der Waals surface area contributed by atoms with Crippen molar-refractivity contribution in [2.75, 3.05) is 13.7 Å². The van der Waals surface area contributed by atoms with E-state index >= 15 is 0 Å². The zero-order chi connectivity index (χ0) is 11.5. The Morgan fingerprint density at radius 1 is 1.69 bits per heavy atom. The van der Waals surface area contributed by atoms with Crippen molar-refractivity contribution in [3.8, 4) is 0 Å². The van der Waals surface area contributed by atoms with E-state index in [1.54, 1.807) is 11.9 Å². The molecule has 0 saturated carbocycles. The van der Waals surface area contributed by atoms with E-state index in [9.17, 15) is 4.79 Å². The van der Waals surface area contributed by atoms with E-state index in [1.807, 2.05) is 6.92 Å². The Bertz CT molecular complexity index is 371. The van der Waals surface area contributed by atoms with Gasteiger partial charge in [-0.25, -0.2) is 4.98 Å². The number of amides is 1. The van der Waals surface area contributed by atoms with Crippen molar-refractivity contribution >= 4 is 5.91 Å². The second kappa shape index (κ2) is 4.61. The van der Waals surface area contributed by atoms with Crippen LogP contribution in [0.4, 0.5) is 0 Å². The summed E-state index contributed by atoms with van der Waals surface area (Å²) in [6.07, 6.45) is 1.50. The molecule has 16 heavy (non-hydrogen) atoms. The molecule has 1 fully saturated rings. The van der Waals surface area contributed by atoms with Gasteiger partial charge < -0.3 is 9.64 Å². The minimum Gasteiger partial charge on any atom is -0.368 e. The molecule has 1 atom stereocenters. The average Bonchev–Trinajstić information content (AvgIpc) is 2.88. The Hall–Kier alpha value is -1.43. The van der Waals surface area contributed by atoms with Crippen LogP contribution in [0.5, 0.6) is 0 Å². The van der Waals surface area contributed by atoms with Crippen LogP contribution in [0, 0.1) is 6.92 Å². The van der Waals surface area contributed by atoms with Crippen molar-refractivity contribution in [3.05, 3.63) is 11.6 Å². The molecule has 0 aliphatic carbocycles. The standard InChI is InChI=1S/C10H16N4O2/c1-7-11-9(13-12-7)6-14(2)10(15)8-4-3-5-16-8/h8H,3-6H2,1-2H3,(H,11,12,13)/t8-/m1/s1. The molecule has 1 aromatic rings. The number of rotatable bonds is 3. The van der Waals surface area contributed by atoms with Crippen LogP contribution in [0.15, 0.2) is 0 Å². The predicted octanol–water partition coefficient (Wildman–Crippen LogP) is 0.251. The fourth-order valence-electron chi connectivity index (χ4n) is 1.77. The molecule has 1 amide bonds. The third-order valence-corrected chi connectivity index (χ3v) is 2.60. The third kappa shape index (κ3) is 2.38. The van der Waals surface area contributed by atoms with E-state index in [-0.39, 0.29) is 12.0 Å². The van der Waals surface area contributed by atoms with Crippen LogP contribution in [-0.4, -0.2) is 45.7 Å². The number of aromatic nitrogens is 3. The molecule has 0 unspecified atom stereocenters. The summed E-state index contributed by atoms with van der Waals surface area (Å²) in [6.45, 7) is 2.94. The fourth-order valence-corrected chi connectivity index (χ4v) is 1.77. The molecule has 1 saturated heterocycles. The molecule has 1 N–H and O–H groups in total. The summed E-state index contributed by atoms with van der Waals surface area (Å²) in [5.74, 6) is 1.40. The van der Waals surface area contributed by atoms with Gasteiger partial charge in [0.1, 0.15) is 11.9 Å². The number of carbonyl (C=O) groups excluding carboxylic acids is 1. The second-order valence-electron chi connectivity index (χ2n) is 4.03. The van der Waals surface area contributed by atoms with Gasteiger partial charge in [0, 0.05) is 13.7 Å². The van der Waals surface area contributed by atoms with Gasteiger partial charge in [-0.1, -0.05) is 0 Å². The normalized spacial score (nSPS) is 20.0. The van der Waals surface area contributed by atoms with Gasteiger partial charge in [0.25, 0.3) is 5.91 Å². The maximum absolute atomic E-state index is 11.9. The first kappa shape index (κ1) is 11.1. The zero-order valence-electron chi connectivity index (χ0n) is 9.56. The Morgan fingerprint density at radius 2 is 2.50 bits per heavy atom. The number of ether oxygens (including phenoxy) is 1. The molecule has 0 radical (unpaired) electrons. The average molecular weight is 224 g/mol. The number of nitrogens with one attached hydrogen (secondary N) is 1. The van der Waals surface area contributed by atoms with Crippen LogP contribution >= 0.6 is 0 Å². The molecule has 1 aliphatic rings. The fraction of sp³-hybridized carbons (Fsp3) is 0.700. The van der Waals surface area contributed by atoms with Crippen LogP contribution in [0.1, 0.15) is 24.5 Å². The summed E-state index contributed by atoms with van der Waals surface area (Å²) in [7, 11) is 1.75. The lowest BCUT2D eigenvalue weighted by molar-refractivity contribution is -0.140. The molecule has 6 heteroatoms. The van der Waals surface area contributed by atoms with Crippen LogP contribution < -0.4 is 0 Å². The lowest BCUT2D eigenvalue weighted by Crippen LogP contribution is -2.35. The van der Waals surface area contributed by atoms with Gasteiger partial charge in [-0.05, 0) is 19.8 Å². The quantitative estimate of drug-likeness (QED) is 0.799. The van der Waals surface area contributed by atoms with E-state index in [0.717, 1.165) is 18.7 Å². The van der Waals surface area contributed by atoms with Gasteiger partial charge >= 0.3 is 0 Å². The molecule has 6 nitrogen and oxygen atoms in total. The van der Waals surface area contributed by atoms with Crippen molar-refractivity contribution in [3.63, 3.8) is 0 Å². The highest BCUT2D eigenvalue weighted by molar-refractivity contribution is 5.80. The molecule has 0 bridgehead atoms. The molecular formula is C10H16N4O2. The molecule has 88 valence electrons. The molecule has 0 spiro atoms. The molecule has 1 aromatic heterocycles. The number of hydrogen-bond donors (Lipinski definition) is 1. The van der Waals surface area contributed by atoms with Crippen molar-refractivity contribution in [2.24, 2.45) is 0 Å². The lowest BCUT2D eigenvalue weighted by Gasteiger charge is -2.18. The topological polar surface area (TPSA) is 71.1 Å². The number of carbonyl (C=O) groups is 1. The van der Waals surface area contributed by atoms with Crippen molar-refractivity contribution in [1.29, 1.82) is 0 Å². The number of H-pyrrole nitrogens is 1. The van der Waals surface area contributed by atoms with Crippen molar-refractivity contribution in [1.82, 2.24) is 20.1 Å². The van der Waals surface area contributed by atoms with Gasteiger partial charge in [0.05, 0.1) is 6.54 Å². The zero-order valence-corrected chi connectivity index (χ0v) is 9.56. The van der Waals surface area contributed by atoms with Gasteiger partial charge in [0.2, 0.25) is 0 Å². The summed E-state index contributed by atoms with van der Waals surface area (Å²) in [6, 6.07) is 0. The Balaban J connectivity index is 1.91. The van der Waals surface area contributed by atoms with E-state index in [1.165, 1.54) is 0 Å². The van der Waals surface area contributed by atoms with Gasteiger partial charge in [-0.15, -0.1) is 0 Å². The Labute approximate surface area is 94.0 Å². The van der Waals surface area contributed by atoms with E-state index < -0.39 is 0 Å². The maximum atomic E-state index is 11.9. The first-order chi connectivity index (χ1) is 7.66. The third-order valence-electron chi connectivity index (χ3n) is 2.60. The summed E-state index contributed by atoms with van der Waals surface area (Å²) in [5.41, 5.74) is 0. The molecule has 1 aliphatic heterocycles.